The molecule has 0 spiro atoms. The summed E-state index contributed by atoms with van der Waals surface area (Å²) in [6.07, 6.45) is 0. The highest BCUT2D eigenvalue weighted by Crippen LogP contribution is 2.29. The van der Waals surface area contributed by atoms with Gasteiger partial charge in [-0.05, 0) is 53.6 Å². The minimum atomic E-state index is 0.114. The Hall–Kier alpha value is -1.85. The van der Waals surface area contributed by atoms with Gasteiger partial charge < -0.3 is 10.5 Å². The highest BCUT2D eigenvalue weighted by molar-refractivity contribution is 7.20. The maximum absolute atomic E-state index is 7.48. The van der Waals surface area contributed by atoms with Gasteiger partial charge in [0.25, 0.3) is 0 Å². The lowest BCUT2D eigenvalue weighted by atomic mass is 10.2. The number of thiophene rings is 2. The summed E-state index contributed by atoms with van der Waals surface area (Å²) in [4.78, 5) is 2.05. The van der Waals surface area contributed by atoms with E-state index < -0.39 is 0 Å². The number of nitrogen functional groups attached to an aromatic ring is 1. The topological polar surface area (TPSA) is 59.1 Å². The SMILES string of the molecule is Cc1ccsc1COc1ccc2cc(C(=N)N)sc2c1. The molecule has 0 aliphatic carbocycles. The summed E-state index contributed by atoms with van der Waals surface area (Å²) in [6, 6.07) is 10.0. The summed E-state index contributed by atoms with van der Waals surface area (Å²) in [5.41, 5.74) is 6.79. The zero-order valence-corrected chi connectivity index (χ0v) is 12.6. The molecule has 2 aromatic heterocycles. The number of fused-ring (bicyclic) bond motifs is 1. The molecule has 0 atom stereocenters. The second-order valence-electron chi connectivity index (χ2n) is 4.54. The minimum Gasteiger partial charge on any atom is -0.488 e. The van der Waals surface area contributed by atoms with E-state index in [9.17, 15) is 0 Å². The van der Waals surface area contributed by atoms with E-state index >= 15 is 0 Å². The van der Waals surface area contributed by atoms with Crippen molar-refractivity contribution in [2.45, 2.75) is 13.5 Å². The number of nitrogens with two attached hydrogens (primary N) is 1. The molecule has 0 aliphatic heterocycles. The summed E-state index contributed by atoms with van der Waals surface area (Å²) in [5, 5.41) is 10.7. The Morgan fingerprint density at radius 2 is 2.15 bits per heavy atom. The zero-order valence-electron chi connectivity index (χ0n) is 11.0. The van der Waals surface area contributed by atoms with E-state index in [1.807, 2.05) is 24.3 Å². The molecule has 0 fully saturated rings. The predicted molar refractivity (Wildman–Crippen MR) is 86.2 cm³/mol. The molecule has 0 bridgehead atoms. The number of amidine groups is 1. The van der Waals surface area contributed by atoms with Gasteiger partial charge in [-0.25, -0.2) is 0 Å². The van der Waals surface area contributed by atoms with Crippen LogP contribution < -0.4 is 10.5 Å². The van der Waals surface area contributed by atoms with Crippen molar-refractivity contribution in [3.63, 3.8) is 0 Å². The number of ether oxygens (including phenoxy) is 1. The van der Waals surface area contributed by atoms with Crippen molar-refractivity contribution >= 4 is 38.6 Å². The molecular weight excluding hydrogens is 288 g/mol. The molecule has 0 unspecified atom stereocenters. The Kier molecular flexibility index (Phi) is 3.46. The van der Waals surface area contributed by atoms with Crippen LogP contribution in [0.4, 0.5) is 0 Å². The highest BCUT2D eigenvalue weighted by Gasteiger charge is 2.06. The molecule has 0 aliphatic rings. The van der Waals surface area contributed by atoms with E-state index in [1.54, 1.807) is 11.3 Å². The lowest BCUT2D eigenvalue weighted by Crippen LogP contribution is -2.08. The van der Waals surface area contributed by atoms with E-state index in [-0.39, 0.29) is 5.84 Å². The number of rotatable bonds is 4. The monoisotopic (exact) mass is 302 g/mol. The molecular formula is C15H14N2OS2. The Morgan fingerprint density at radius 1 is 1.30 bits per heavy atom. The van der Waals surface area contributed by atoms with E-state index in [2.05, 4.69) is 18.4 Å². The predicted octanol–water partition coefficient (Wildman–Crippen LogP) is 4.13. The van der Waals surface area contributed by atoms with Crippen molar-refractivity contribution in [1.29, 1.82) is 5.41 Å². The van der Waals surface area contributed by atoms with Gasteiger partial charge in [0.15, 0.2) is 0 Å². The maximum atomic E-state index is 7.48. The van der Waals surface area contributed by atoms with Gasteiger partial charge in [-0.2, -0.15) is 0 Å². The first-order valence-corrected chi connectivity index (χ1v) is 7.87. The summed E-state index contributed by atoms with van der Waals surface area (Å²) in [7, 11) is 0. The van der Waals surface area contributed by atoms with Crippen LogP contribution in [-0.4, -0.2) is 5.84 Å². The van der Waals surface area contributed by atoms with Gasteiger partial charge >= 0.3 is 0 Å². The van der Waals surface area contributed by atoms with Crippen molar-refractivity contribution in [2.75, 3.05) is 0 Å². The lowest BCUT2D eigenvalue weighted by molar-refractivity contribution is 0.309. The van der Waals surface area contributed by atoms with Crippen molar-refractivity contribution in [2.24, 2.45) is 5.73 Å². The molecule has 0 saturated carbocycles. The van der Waals surface area contributed by atoms with E-state index in [1.165, 1.54) is 21.8 Å². The van der Waals surface area contributed by atoms with Crippen molar-refractivity contribution in [1.82, 2.24) is 0 Å². The van der Waals surface area contributed by atoms with Gasteiger partial charge in [-0.15, -0.1) is 22.7 Å². The number of nitrogens with one attached hydrogen (secondary N) is 1. The van der Waals surface area contributed by atoms with Gasteiger partial charge in [0, 0.05) is 9.58 Å². The second kappa shape index (κ2) is 5.26. The average Bonchev–Trinajstić information content (AvgIpc) is 3.01. The fourth-order valence-corrected chi connectivity index (χ4v) is 3.70. The Labute approximate surface area is 125 Å². The van der Waals surface area contributed by atoms with E-state index in [4.69, 9.17) is 15.9 Å². The Balaban J connectivity index is 1.82. The Bertz CT molecular complexity index is 773. The first kappa shape index (κ1) is 13.1. The van der Waals surface area contributed by atoms with Gasteiger partial charge in [0.1, 0.15) is 18.2 Å². The molecule has 3 nitrogen and oxygen atoms in total. The van der Waals surface area contributed by atoms with Crippen LogP contribution in [0.1, 0.15) is 15.3 Å². The van der Waals surface area contributed by atoms with Crippen LogP contribution >= 0.6 is 22.7 Å². The van der Waals surface area contributed by atoms with Gasteiger partial charge in [-0.3, -0.25) is 5.41 Å². The first-order valence-electron chi connectivity index (χ1n) is 6.17. The minimum absolute atomic E-state index is 0.114. The molecule has 0 radical (unpaired) electrons. The number of hydrogen-bond acceptors (Lipinski definition) is 4. The maximum Gasteiger partial charge on any atom is 0.133 e. The van der Waals surface area contributed by atoms with Gasteiger partial charge in [0.05, 0.1) is 4.88 Å². The van der Waals surface area contributed by atoms with Crippen LogP contribution in [0.5, 0.6) is 5.75 Å². The third-order valence-electron chi connectivity index (χ3n) is 3.10. The third kappa shape index (κ3) is 2.55. The largest absolute Gasteiger partial charge is 0.488 e. The van der Waals surface area contributed by atoms with Crippen LogP contribution in [0.25, 0.3) is 10.1 Å². The van der Waals surface area contributed by atoms with Crippen molar-refractivity contribution < 1.29 is 4.74 Å². The third-order valence-corrected chi connectivity index (χ3v) is 5.22. The lowest BCUT2D eigenvalue weighted by Gasteiger charge is -2.05. The van der Waals surface area contributed by atoms with Crippen molar-refractivity contribution in [3.05, 3.63) is 51.0 Å². The highest BCUT2D eigenvalue weighted by atomic mass is 32.1. The molecule has 20 heavy (non-hydrogen) atoms. The molecule has 0 amide bonds. The van der Waals surface area contributed by atoms with E-state index in [0.29, 0.717) is 6.61 Å². The normalized spacial score (nSPS) is 10.8. The second-order valence-corrected chi connectivity index (χ2v) is 6.62. The molecule has 0 saturated heterocycles. The molecule has 5 heteroatoms. The fraction of sp³-hybridized carbons (Fsp3) is 0.133. The summed E-state index contributed by atoms with van der Waals surface area (Å²) in [6.45, 7) is 2.69. The van der Waals surface area contributed by atoms with Gasteiger partial charge in [-0.1, -0.05) is 0 Å². The molecule has 3 N–H and O–H groups in total. The summed E-state index contributed by atoms with van der Waals surface area (Å²) in [5.74, 6) is 0.963. The van der Waals surface area contributed by atoms with Crippen LogP contribution in [0.3, 0.4) is 0 Å². The summed E-state index contributed by atoms with van der Waals surface area (Å²) < 4.78 is 6.93. The fourth-order valence-electron chi connectivity index (χ4n) is 1.93. The quantitative estimate of drug-likeness (QED) is 0.562. The smallest absolute Gasteiger partial charge is 0.133 e. The Morgan fingerprint density at radius 3 is 2.85 bits per heavy atom. The first-order chi connectivity index (χ1) is 9.63. The molecule has 102 valence electrons. The standard InChI is InChI=1S/C15H14N2OS2/c1-9-4-5-19-14(9)8-18-11-3-2-10-6-13(15(16)17)20-12(10)7-11/h2-7H,8H2,1H3,(H3,16,17). The number of hydrogen-bond donors (Lipinski definition) is 2. The van der Waals surface area contributed by atoms with Crippen molar-refractivity contribution in [3.8, 4) is 5.75 Å². The number of benzene rings is 1. The molecule has 1 aromatic carbocycles. The summed E-state index contributed by atoms with van der Waals surface area (Å²) >= 11 is 3.23. The van der Waals surface area contributed by atoms with Crippen LogP contribution in [0.2, 0.25) is 0 Å². The van der Waals surface area contributed by atoms with E-state index in [0.717, 1.165) is 20.7 Å². The molecule has 3 aromatic rings. The zero-order chi connectivity index (χ0) is 14.1. The average molecular weight is 302 g/mol. The molecule has 2 heterocycles. The van der Waals surface area contributed by atoms with Crippen LogP contribution in [0.15, 0.2) is 35.7 Å². The number of aryl methyl sites for hydroxylation is 1. The van der Waals surface area contributed by atoms with Crippen LogP contribution in [0, 0.1) is 12.3 Å². The van der Waals surface area contributed by atoms with Crippen LogP contribution in [-0.2, 0) is 6.61 Å². The van der Waals surface area contributed by atoms with Gasteiger partial charge in [0.2, 0.25) is 0 Å². The molecule has 3 rings (SSSR count).